The highest BCUT2D eigenvalue weighted by molar-refractivity contribution is 5.50. The summed E-state index contributed by atoms with van der Waals surface area (Å²) in [7, 11) is 0. The minimum Gasteiger partial charge on any atom is -0.489 e. The lowest BCUT2D eigenvalue weighted by atomic mass is 9.52. The zero-order chi connectivity index (χ0) is 15.2. The van der Waals surface area contributed by atoms with Crippen molar-refractivity contribution in [1.29, 1.82) is 0 Å². The molecular formula is C19H25NO2. The molecule has 1 aromatic rings. The summed E-state index contributed by atoms with van der Waals surface area (Å²) in [6.45, 7) is 5.35. The van der Waals surface area contributed by atoms with Crippen LogP contribution in [0.25, 0.3) is 0 Å². The summed E-state index contributed by atoms with van der Waals surface area (Å²) in [6, 6.07) is 7.00. The van der Waals surface area contributed by atoms with E-state index in [0.29, 0.717) is 18.6 Å². The van der Waals surface area contributed by atoms with Crippen LogP contribution >= 0.6 is 0 Å². The topological polar surface area (TPSA) is 41.5 Å². The van der Waals surface area contributed by atoms with Gasteiger partial charge in [0.25, 0.3) is 0 Å². The highest BCUT2D eigenvalue weighted by Crippen LogP contribution is 2.56. The predicted molar refractivity (Wildman–Crippen MR) is 87.3 cm³/mol. The van der Waals surface area contributed by atoms with Gasteiger partial charge in [0.15, 0.2) is 0 Å². The number of hydrogen-bond acceptors (Lipinski definition) is 3. The van der Waals surface area contributed by atoms with Gasteiger partial charge in [0.2, 0.25) is 0 Å². The quantitative estimate of drug-likeness (QED) is 0.843. The van der Waals surface area contributed by atoms with Crippen molar-refractivity contribution >= 4 is 0 Å². The van der Waals surface area contributed by atoms with Crippen LogP contribution in [-0.4, -0.2) is 30.4 Å². The first-order valence-corrected chi connectivity index (χ1v) is 8.52. The minimum absolute atomic E-state index is 0.0962. The summed E-state index contributed by atoms with van der Waals surface area (Å²) in [6.07, 6.45) is 6.77. The third-order valence-corrected chi connectivity index (χ3v) is 5.99. The van der Waals surface area contributed by atoms with Crippen LogP contribution < -0.4 is 10.1 Å². The van der Waals surface area contributed by atoms with E-state index in [1.165, 1.54) is 11.1 Å². The molecule has 2 aliphatic carbocycles. The van der Waals surface area contributed by atoms with Gasteiger partial charge in [-0.15, -0.1) is 0 Å². The van der Waals surface area contributed by atoms with Crippen LogP contribution in [0.4, 0.5) is 0 Å². The Morgan fingerprint density at radius 2 is 2.32 bits per heavy atom. The summed E-state index contributed by atoms with van der Waals surface area (Å²) in [4.78, 5) is 0. The second-order valence-electron chi connectivity index (χ2n) is 7.10. The molecule has 1 saturated carbocycles. The third-order valence-electron chi connectivity index (χ3n) is 5.99. The zero-order valence-corrected chi connectivity index (χ0v) is 13.1. The van der Waals surface area contributed by atoms with Crippen molar-refractivity contribution in [2.45, 2.75) is 49.7 Å². The molecule has 4 atom stereocenters. The van der Waals surface area contributed by atoms with E-state index >= 15 is 0 Å². The van der Waals surface area contributed by atoms with Crippen molar-refractivity contribution in [3.05, 3.63) is 42.0 Å². The average molecular weight is 299 g/mol. The van der Waals surface area contributed by atoms with Crippen molar-refractivity contribution in [2.75, 3.05) is 13.2 Å². The highest BCUT2D eigenvalue weighted by atomic mass is 16.5. The fourth-order valence-corrected chi connectivity index (χ4v) is 5.26. The zero-order valence-electron chi connectivity index (χ0n) is 13.1. The molecule has 3 aliphatic rings. The van der Waals surface area contributed by atoms with Crippen LogP contribution in [0.1, 0.15) is 36.8 Å². The van der Waals surface area contributed by atoms with Gasteiger partial charge in [-0.25, -0.2) is 0 Å². The molecule has 2 fully saturated rings. The van der Waals surface area contributed by atoms with E-state index in [9.17, 15) is 5.11 Å². The minimum atomic E-state index is -0.173. The summed E-state index contributed by atoms with van der Waals surface area (Å²) in [5, 5.41) is 14.1. The monoisotopic (exact) mass is 299 g/mol. The van der Waals surface area contributed by atoms with E-state index in [4.69, 9.17) is 4.74 Å². The summed E-state index contributed by atoms with van der Waals surface area (Å²) in [5.74, 6) is 1.64. The number of aliphatic hydroxyl groups excluding tert-OH is 1. The van der Waals surface area contributed by atoms with Gasteiger partial charge in [-0.3, -0.25) is 0 Å². The maximum atomic E-state index is 10.4. The van der Waals surface area contributed by atoms with Crippen LogP contribution in [0.3, 0.4) is 0 Å². The fourth-order valence-electron chi connectivity index (χ4n) is 5.26. The molecule has 0 amide bonds. The molecule has 3 heteroatoms. The first-order valence-electron chi connectivity index (χ1n) is 8.52. The van der Waals surface area contributed by atoms with Crippen LogP contribution in [0, 0.1) is 5.92 Å². The van der Waals surface area contributed by atoms with Gasteiger partial charge < -0.3 is 15.2 Å². The van der Waals surface area contributed by atoms with Gasteiger partial charge in [0, 0.05) is 17.0 Å². The molecule has 22 heavy (non-hydrogen) atoms. The number of ether oxygens (including phenoxy) is 1. The molecule has 1 saturated heterocycles. The second kappa shape index (κ2) is 5.39. The number of piperidine rings is 1. The highest BCUT2D eigenvalue weighted by Gasteiger charge is 2.54. The summed E-state index contributed by atoms with van der Waals surface area (Å²) < 4.78 is 6.00. The Morgan fingerprint density at radius 1 is 1.41 bits per heavy atom. The first-order chi connectivity index (χ1) is 10.7. The maximum absolute atomic E-state index is 10.4. The Labute approximate surface area is 132 Å². The third kappa shape index (κ3) is 2.03. The van der Waals surface area contributed by atoms with E-state index < -0.39 is 0 Å². The lowest BCUT2D eigenvalue weighted by molar-refractivity contribution is 0.00244. The Balaban J connectivity index is 1.85. The number of nitrogens with one attached hydrogen (secondary N) is 1. The van der Waals surface area contributed by atoms with Gasteiger partial charge in [0.05, 0.1) is 6.10 Å². The number of rotatable bonds is 3. The molecule has 4 rings (SSSR count). The molecule has 0 aromatic heterocycles. The molecule has 0 spiro atoms. The van der Waals surface area contributed by atoms with Gasteiger partial charge >= 0.3 is 0 Å². The Hall–Kier alpha value is -1.32. The van der Waals surface area contributed by atoms with Crippen molar-refractivity contribution < 1.29 is 9.84 Å². The van der Waals surface area contributed by atoms with Gasteiger partial charge in [-0.1, -0.05) is 24.8 Å². The van der Waals surface area contributed by atoms with E-state index in [1.54, 1.807) is 6.08 Å². The Kier molecular flexibility index (Phi) is 3.50. The molecule has 0 radical (unpaired) electrons. The van der Waals surface area contributed by atoms with E-state index in [0.717, 1.165) is 44.4 Å². The number of benzene rings is 1. The molecule has 2 bridgehead atoms. The maximum Gasteiger partial charge on any atom is 0.123 e. The van der Waals surface area contributed by atoms with Crippen molar-refractivity contribution in [3.63, 3.8) is 0 Å². The van der Waals surface area contributed by atoms with Gasteiger partial charge in [-0.2, -0.15) is 0 Å². The number of fused-ring (bicyclic) bond motifs is 1. The lowest BCUT2D eigenvalue weighted by Gasteiger charge is -2.56. The van der Waals surface area contributed by atoms with Crippen molar-refractivity contribution in [2.24, 2.45) is 5.92 Å². The van der Waals surface area contributed by atoms with Crippen LogP contribution in [0.2, 0.25) is 0 Å². The molecule has 2 N–H and O–H groups in total. The molecular weight excluding hydrogens is 274 g/mol. The standard InChI is InChI=1S/C19H25NO2/c1-2-10-22-17-5-3-4-13-11-16-15-7-6-14(21)12-19(15,18(13)17)8-9-20-16/h2-5,14-16,20-21H,1,6-12H2/t14-,15-,16+,19-/m0/s1. The largest absolute Gasteiger partial charge is 0.489 e. The normalized spacial score (nSPS) is 36.1. The molecule has 118 valence electrons. The van der Waals surface area contributed by atoms with Gasteiger partial charge in [0.1, 0.15) is 12.4 Å². The average Bonchev–Trinajstić information content (AvgIpc) is 2.51. The van der Waals surface area contributed by atoms with E-state index in [1.807, 2.05) is 0 Å². The molecule has 1 aliphatic heterocycles. The van der Waals surface area contributed by atoms with Crippen LogP contribution in [0.5, 0.6) is 5.75 Å². The van der Waals surface area contributed by atoms with E-state index in [2.05, 4.69) is 30.1 Å². The lowest BCUT2D eigenvalue weighted by Crippen LogP contribution is -2.61. The van der Waals surface area contributed by atoms with Gasteiger partial charge in [-0.05, 0) is 56.2 Å². The van der Waals surface area contributed by atoms with Crippen LogP contribution in [-0.2, 0) is 11.8 Å². The van der Waals surface area contributed by atoms with Crippen LogP contribution in [0.15, 0.2) is 30.9 Å². The molecule has 1 heterocycles. The number of hydrogen-bond donors (Lipinski definition) is 2. The van der Waals surface area contributed by atoms with E-state index in [-0.39, 0.29) is 11.5 Å². The van der Waals surface area contributed by atoms with Crippen molar-refractivity contribution in [1.82, 2.24) is 5.32 Å². The Morgan fingerprint density at radius 3 is 3.18 bits per heavy atom. The smallest absolute Gasteiger partial charge is 0.123 e. The summed E-state index contributed by atoms with van der Waals surface area (Å²) in [5.41, 5.74) is 2.89. The predicted octanol–water partition coefficient (Wildman–Crippen LogP) is 2.57. The molecule has 1 aromatic carbocycles. The fraction of sp³-hybridized carbons (Fsp3) is 0.579. The number of aliphatic hydroxyl groups is 1. The summed E-state index contributed by atoms with van der Waals surface area (Å²) >= 11 is 0. The second-order valence-corrected chi connectivity index (χ2v) is 7.10. The Bertz CT molecular complexity index is 585. The van der Waals surface area contributed by atoms with Crippen molar-refractivity contribution in [3.8, 4) is 5.75 Å². The molecule has 0 unspecified atom stereocenters. The molecule has 3 nitrogen and oxygen atoms in total. The first kappa shape index (κ1) is 14.3. The SMILES string of the molecule is C=CCOc1cccc2c1[C@]13CCN[C@H](C2)[C@@H]1CC[C@H](O)C3.